The molecule has 8 heteroatoms. The van der Waals surface area contributed by atoms with E-state index in [9.17, 15) is 5.11 Å². The fraction of sp³-hybridized carbons (Fsp3) is 0.233. The summed E-state index contributed by atoms with van der Waals surface area (Å²) in [6.45, 7) is 18.0. The molecular weight excluding hydrogens is 476 g/mol. The number of nitrogens with zero attached hydrogens (tertiary/aromatic N) is 4. The number of rotatable bonds is 14. The molecule has 0 aliphatic carbocycles. The molecule has 1 aliphatic rings. The molecule has 1 aromatic carbocycles. The number of aromatic nitrogens is 2. The topological polar surface area (TPSA) is 94.9 Å². The maximum Gasteiger partial charge on any atom is 0.322 e. The van der Waals surface area contributed by atoms with Gasteiger partial charge < -0.3 is 25.4 Å². The lowest BCUT2D eigenvalue weighted by Crippen LogP contribution is -2.34. The third kappa shape index (κ3) is 8.60. The van der Waals surface area contributed by atoms with Crippen molar-refractivity contribution in [2.75, 3.05) is 25.0 Å². The van der Waals surface area contributed by atoms with Crippen molar-refractivity contribution in [3.05, 3.63) is 116 Å². The highest BCUT2D eigenvalue weighted by molar-refractivity contribution is 5.59. The smallest absolute Gasteiger partial charge is 0.322 e. The Kier molecular flexibility index (Phi) is 11.1. The van der Waals surface area contributed by atoms with Crippen LogP contribution < -0.4 is 15.4 Å². The lowest BCUT2D eigenvalue weighted by atomic mass is 9.96. The highest BCUT2D eigenvalue weighted by atomic mass is 16.5. The molecule has 1 saturated heterocycles. The number of hydrogen-bond donors (Lipinski definition) is 3. The third-order valence-corrected chi connectivity index (χ3v) is 6.07. The van der Waals surface area contributed by atoms with Gasteiger partial charge in [0.05, 0.1) is 18.0 Å². The second-order valence-corrected chi connectivity index (χ2v) is 8.67. The van der Waals surface area contributed by atoms with E-state index in [2.05, 4.69) is 56.9 Å². The van der Waals surface area contributed by atoms with Crippen LogP contribution in [0.5, 0.6) is 6.01 Å². The minimum absolute atomic E-state index is 0.0655. The summed E-state index contributed by atoms with van der Waals surface area (Å²) in [5, 5.41) is 15.8. The molecule has 2 heterocycles. The maximum atomic E-state index is 9.18. The van der Waals surface area contributed by atoms with Gasteiger partial charge in [-0.1, -0.05) is 37.9 Å². The van der Waals surface area contributed by atoms with Crippen molar-refractivity contribution < 1.29 is 9.84 Å². The highest BCUT2D eigenvalue weighted by Crippen LogP contribution is 2.22. The minimum Gasteiger partial charge on any atom is -0.424 e. The molecule has 2 aromatic rings. The molecule has 3 N–H and O–H groups in total. The van der Waals surface area contributed by atoms with Crippen LogP contribution >= 0.6 is 0 Å². The van der Waals surface area contributed by atoms with E-state index in [1.54, 1.807) is 36.7 Å². The molecule has 0 bridgehead atoms. The van der Waals surface area contributed by atoms with Crippen molar-refractivity contribution in [2.45, 2.75) is 19.4 Å². The van der Waals surface area contributed by atoms with Crippen molar-refractivity contribution in [3.63, 3.8) is 0 Å². The van der Waals surface area contributed by atoms with Crippen molar-refractivity contribution in [1.29, 1.82) is 0 Å². The van der Waals surface area contributed by atoms with E-state index in [-0.39, 0.29) is 12.6 Å². The average molecular weight is 513 g/mol. The van der Waals surface area contributed by atoms with Gasteiger partial charge in [0.15, 0.2) is 0 Å². The Hall–Kier alpha value is -4.43. The summed E-state index contributed by atoms with van der Waals surface area (Å²) in [5.41, 5.74) is 3.20. The first-order chi connectivity index (χ1) is 18.6. The predicted octanol–water partition coefficient (Wildman–Crippen LogP) is 5.04. The molecule has 1 aromatic heterocycles. The summed E-state index contributed by atoms with van der Waals surface area (Å²) in [6, 6.07) is 9.84. The van der Waals surface area contributed by atoms with Gasteiger partial charge in [-0.2, -0.15) is 4.98 Å². The zero-order valence-corrected chi connectivity index (χ0v) is 21.7. The van der Waals surface area contributed by atoms with Gasteiger partial charge in [-0.15, -0.1) is 0 Å². The van der Waals surface area contributed by atoms with Crippen molar-refractivity contribution in [2.24, 2.45) is 10.9 Å². The van der Waals surface area contributed by atoms with Crippen LogP contribution in [0.4, 0.5) is 5.69 Å². The Balaban J connectivity index is 1.47. The van der Waals surface area contributed by atoms with E-state index in [1.807, 2.05) is 36.4 Å². The van der Waals surface area contributed by atoms with E-state index in [0.717, 1.165) is 49.5 Å². The first-order valence-electron chi connectivity index (χ1n) is 12.5. The maximum absolute atomic E-state index is 9.18. The number of piperidine rings is 1. The van der Waals surface area contributed by atoms with Crippen LogP contribution in [0.1, 0.15) is 24.1 Å². The summed E-state index contributed by atoms with van der Waals surface area (Å²) < 4.78 is 5.60. The van der Waals surface area contributed by atoms with E-state index in [1.165, 1.54) is 0 Å². The number of aliphatic hydroxyl groups is 1. The van der Waals surface area contributed by atoms with Crippen molar-refractivity contribution >= 4 is 18.1 Å². The Morgan fingerprint density at radius 3 is 2.58 bits per heavy atom. The minimum atomic E-state index is 0.0655. The van der Waals surface area contributed by atoms with Gasteiger partial charge >= 0.3 is 6.01 Å². The van der Waals surface area contributed by atoms with Crippen LogP contribution in [0.2, 0.25) is 0 Å². The number of aliphatic hydroxyl groups excluding tert-OH is 1. The van der Waals surface area contributed by atoms with E-state index in [4.69, 9.17) is 4.74 Å². The van der Waals surface area contributed by atoms with Gasteiger partial charge in [-0.25, -0.2) is 9.98 Å². The molecule has 38 heavy (non-hydrogen) atoms. The number of aliphatic imine (C=N–C) groups is 1. The summed E-state index contributed by atoms with van der Waals surface area (Å²) >= 11 is 0. The molecule has 0 atom stereocenters. The van der Waals surface area contributed by atoms with Gasteiger partial charge in [0.1, 0.15) is 11.6 Å². The number of nitrogens with one attached hydrogen (secondary N) is 2. The van der Waals surface area contributed by atoms with Gasteiger partial charge in [0.2, 0.25) is 0 Å². The zero-order valence-electron chi connectivity index (χ0n) is 21.7. The van der Waals surface area contributed by atoms with Crippen LogP contribution in [0.3, 0.4) is 0 Å². The molecule has 0 unspecified atom stereocenters. The molecule has 0 spiro atoms. The first kappa shape index (κ1) is 28.1. The fourth-order valence-corrected chi connectivity index (χ4v) is 3.89. The fourth-order valence-electron chi connectivity index (χ4n) is 3.89. The van der Waals surface area contributed by atoms with E-state index < -0.39 is 0 Å². The molecule has 8 nitrogen and oxygen atoms in total. The number of hydrogen-bond acceptors (Lipinski definition) is 8. The standard InChI is InChI=1S/C30H36N6O2/c1-5-8-27(6-2)38-30-33-18-14-28(35-30)23(3)32-17-7-9-29(31-4)36-19-15-24(16-20-36)21-34-26-12-10-25(22-37)11-13-26/h5-14,17-18,24,32,34,37H,1-4,15-16,19-22H2/b17-7+,27-8+,29-9+. The average Bonchev–Trinajstić information content (AvgIpc) is 2.96. The quantitative estimate of drug-likeness (QED) is 0.185. The Labute approximate surface area is 225 Å². The van der Waals surface area contributed by atoms with Crippen molar-refractivity contribution in [1.82, 2.24) is 20.2 Å². The van der Waals surface area contributed by atoms with Gasteiger partial charge in [0, 0.05) is 37.7 Å². The summed E-state index contributed by atoms with van der Waals surface area (Å²) in [5.74, 6) is 1.93. The molecule has 0 radical (unpaired) electrons. The molecule has 3 rings (SSSR count). The normalized spacial score (nSPS) is 14.7. The summed E-state index contributed by atoms with van der Waals surface area (Å²) in [6.07, 6.45) is 14.2. The third-order valence-electron chi connectivity index (χ3n) is 6.07. The lowest BCUT2D eigenvalue weighted by molar-refractivity contribution is 0.232. The lowest BCUT2D eigenvalue weighted by Gasteiger charge is -2.33. The number of allylic oxidation sites excluding steroid dienone is 5. The monoisotopic (exact) mass is 512 g/mol. The Bertz CT molecular complexity index is 1190. The largest absolute Gasteiger partial charge is 0.424 e. The second-order valence-electron chi connectivity index (χ2n) is 8.67. The summed E-state index contributed by atoms with van der Waals surface area (Å²) in [4.78, 5) is 15.0. The molecule has 0 saturated carbocycles. The molecular formula is C30H36N6O2. The van der Waals surface area contributed by atoms with Crippen LogP contribution in [-0.2, 0) is 6.61 Å². The second kappa shape index (κ2) is 15.0. The SMILES string of the molecule is C=C/C=C(\C=C)Oc1nccc(C(=C)N/C=C/C=C(\N=C)N2CCC(CNc3ccc(CO)cc3)CC2)n1. The number of benzene rings is 1. The van der Waals surface area contributed by atoms with Crippen LogP contribution in [-0.4, -0.2) is 46.3 Å². The Morgan fingerprint density at radius 2 is 1.92 bits per heavy atom. The highest BCUT2D eigenvalue weighted by Gasteiger charge is 2.20. The van der Waals surface area contributed by atoms with Crippen LogP contribution in [0.15, 0.2) is 109 Å². The zero-order chi connectivity index (χ0) is 27.2. The van der Waals surface area contributed by atoms with Gasteiger partial charge in [-0.05, 0) is 73.5 Å². The van der Waals surface area contributed by atoms with Gasteiger partial charge in [0.25, 0.3) is 0 Å². The number of ether oxygens (including phenoxy) is 1. The van der Waals surface area contributed by atoms with E-state index in [0.29, 0.717) is 23.1 Å². The summed E-state index contributed by atoms with van der Waals surface area (Å²) in [7, 11) is 0. The number of likely N-dealkylation sites (tertiary alicyclic amines) is 1. The van der Waals surface area contributed by atoms with Crippen molar-refractivity contribution in [3.8, 4) is 6.01 Å². The van der Waals surface area contributed by atoms with Crippen LogP contribution in [0.25, 0.3) is 5.70 Å². The van der Waals surface area contributed by atoms with Gasteiger partial charge in [-0.3, -0.25) is 0 Å². The first-order valence-corrected chi connectivity index (χ1v) is 12.5. The van der Waals surface area contributed by atoms with E-state index >= 15 is 0 Å². The molecule has 1 aliphatic heterocycles. The number of anilines is 1. The molecule has 1 fully saturated rings. The predicted molar refractivity (Wildman–Crippen MR) is 155 cm³/mol. The molecule has 198 valence electrons. The Morgan fingerprint density at radius 1 is 1.16 bits per heavy atom. The molecule has 0 amide bonds. The van der Waals surface area contributed by atoms with Crippen LogP contribution in [0, 0.1) is 5.92 Å².